The minimum atomic E-state index is -0.0128. The highest BCUT2D eigenvalue weighted by atomic mass is 16.5. The smallest absolute Gasteiger partial charge is 0.119 e. The lowest BCUT2D eigenvalue weighted by molar-refractivity contribution is 0.0948. The van der Waals surface area contributed by atoms with E-state index in [1.807, 2.05) is 6.07 Å². The SMILES string of the molecule is COc1ccc2c(c1)C(c1cccc3ccccc13)OC2. The van der Waals surface area contributed by atoms with Crippen molar-refractivity contribution in [1.29, 1.82) is 0 Å². The molecule has 0 saturated carbocycles. The van der Waals surface area contributed by atoms with Gasteiger partial charge in [0.05, 0.1) is 13.7 Å². The van der Waals surface area contributed by atoms with E-state index in [1.54, 1.807) is 7.11 Å². The summed E-state index contributed by atoms with van der Waals surface area (Å²) in [6.45, 7) is 0.660. The van der Waals surface area contributed by atoms with E-state index in [0.29, 0.717) is 6.61 Å². The number of hydrogen-bond donors (Lipinski definition) is 0. The van der Waals surface area contributed by atoms with Crippen LogP contribution in [-0.4, -0.2) is 7.11 Å². The zero-order valence-corrected chi connectivity index (χ0v) is 11.9. The summed E-state index contributed by atoms with van der Waals surface area (Å²) in [6.07, 6.45) is -0.0128. The third-order valence-electron chi connectivity index (χ3n) is 4.15. The molecule has 104 valence electrons. The molecule has 0 radical (unpaired) electrons. The first-order valence-electron chi connectivity index (χ1n) is 7.13. The van der Waals surface area contributed by atoms with E-state index in [9.17, 15) is 0 Å². The molecule has 21 heavy (non-hydrogen) atoms. The van der Waals surface area contributed by atoms with Gasteiger partial charge in [-0.1, -0.05) is 48.5 Å². The molecule has 0 spiro atoms. The zero-order chi connectivity index (χ0) is 14.2. The number of fused-ring (bicyclic) bond motifs is 2. The molecule has 2 nitrogen and oxygen atoms in total. The quantitative estimate of drug-likeness (QED) is 0.687. The zero-order valence-electron chi connectivity index (χ0n) is 11.9. The highest BCUT2D eigenvalue weighted by Crippen LogP contribution is 2.40. The molecule has 0 bridgehead atoms. The highest BCUT2D eigenvalue weighted by Gasteiger charge is 2.26. The molecule has 0 N–H and O–H groups in total. The van der Waals surface area contributed by atoms with Crippen LogP contribution >= 0.6 is 0 Å². The second kappa shape index (κ2) is 4.90. The van der Waals surface area contributed by atoms with Gasteiger partial charge in [0.25, 0.3) is 0 Å². The lowest BCUT2D eigenvalue weighted by atomic mass is 9.95. The fourth-order valence-corrected chi connectivity index (χ4v) is 3.07. The first kappa shape index (κ1) is 12.4. The normalized spacial score (nSPS) is 16.9. The van der Waals surface area contributed by atoms with Crippen molar-refractivity contribution in [1.82, 2.24) is 0 Å². The van der Waals surface area contributed by atoms with Crippen molar-refractivity contribution in [2.45, 2.75) is 12.7 Å². The van der Waals surface area contributed by atoms with Gasteiger partial charge >= 0.3 is 0 Å². The van der Waals surface area contributed by atoms with Crippen LogP contribution in [0.2, 0.25) is 0 Å². The third kappa shape index (κ3) is 1.99. The molecular weight excluding hydrogens is 260 g/mol. The van der Waals surface area contributed by atoms with Gasteiger partial charge in [-0.2, -0.15) is 0 Å². The van der Waals surface area contributed by atoms with Crippen LogP contribution in [0.25, 0.3) is 10.8 Å². The number of benzene rings is 3. The van der Waals surface area contributed by atoms with Crippen LogP contribution in [0.15, 0.2) is 60.7 Å². The predicted octanol–water partition coefficient (Wildman–Crippen LogP) is 4.47. The fraction of sp³-hybridized carbons (Fsp3) is 0.158. The summed E-state index contributed by atoms with van der Waals surface area (Å²) in [5, 5.41) is 2.50. The van der Waals surface area contributed by atoms with Gasteiger partial charge in [-0.3, -0.25) is 0 Å². The molecule has 3 aromatic carbocycles. The first-order chi connectivity index (χ1) is 10.4. The van der Waals surface area contributed by atoms with E-state index in [0.717, 1.165) is 5.75 Å². The van der Waals surface area contributed by atoms with Crippen LogP contribution in [0.3, 0.4) is 0 Å². The number of methoxy groups -OCH3 is 1. The lowest BCUT2D eigenvalue weighted by Crippen LogP contribution is -1.99. The van der Waals surface area contributed by atoms with Crippen LogP contribution in [0.1, 0.15) is 22.8 Å². The summed E-state index contributed by atoms with van der Waals surface area (Å²) in [4.78, 5) is 0. The summed E-state index contributed by atoms with van der Waals surface area (Å²) in [5.74, 6) is 0.879. The van der Waals surface area contributed by atoms with Crippen molar-refractivity contribution >= 4 is 10.8 Å². The Balaban J connectivity index is 1.89. The van der Waals surface area contributed by atoms with Crippen LogP contribution in [0.4, 0.5) is 0 Å². The Labute approximate surface area is 123 Å². The first-order valence-corrected chi connectivity index (χ1v) is 7.13. The van der Waals surface area contributed by atoms with Gasteiger partial charge in [0.15, 0.2) is 0 Å². The molecule has 1 atom stereocenters. The topological polar surface area (TPSA) is 18.5 Å². The van der Waals surface area contributed by atoms with Gasteiger partial charge < -0.3 is 9.47 Å². The molecule has 0 aliphatic carbocycles. The van der Waals surface area contributed by atoms with E-state index in [2.05, 4.69) is 54.6 Å². The molecule has 2 heteroatoms. The lowest BCUT2D eigenvalue weighted by Gasteiger charge is -2.15. The van der Waals surface area contributed by atoms with E-state index >= 15 is 0 Å². The Morgan fingerprint density at radius 3 is 2.71 bits per heavy atom. The van der Waals surface area contributed by atoms with Gasteiger partial charge in [0.2, 0.25) is 0 Å². The van der Waals surface area contributed by atoms with Gasteiger partial charge in [-0.05, 0) is 39.6 Å². The summed E-state index contributed by atoms with van der Waals surface area (Å²) in [7, 11) is 1.70. The van der Waals surface area contributed by atoms with Gasteiger partial charge in [0, 0.05) is 0 Å². The Morgan fingerprint density at radius 2 is 1.81 bits per heavy atom. The molecule has 0 fully saturated rings. The Hall–Kier alpha value is -2.32. The maximum Gasteiger partial charge on any atom is 0.119 e. The van der Waals surface area contributed by atoms with Crippen molar-refractivity contribution < 1.29 is 9.47 Å². The highest BCUT2D eigenvalue weighted by molar-refractivity contribution is 5.86. The van der Waals surface area contributed by atoms with Crippen LogP contribution < -0.4 is 4.74 Å². The van der Waals surface area contributed by atoms with E-state index < -0.39 is 0 Å². The maximum absolute atomic E-state index is 6.06. The Kier molecular flexibility index (Phi) is 2.90. The minimum absolute atomic E-state index is 0.0128. The van der Waals surface area contributed by atoms with Crippen molar-refractivity contribution in [2.75, 3.05) is 7.11 Å². The third-order valence-corrected chi connectivity index (χ3v) is 4.15. The van der Waals surface area contributed by atoms with Crippen molar-refractivity contribution in [3.63, 3.8) is 0 Å². The summed E-state index contributed by atoms with van der Waals surface area (Å²) in [5.41, 5.74) is 3.68. The van der Waals surface area contributed by atoms with Gasteiger partial charge in [-0.15, -0.1) is 0 Å². The summed E-state index contributed by atoms with van der Waals surface area (Å²) >= 11 is 0. The minimum Gasteiger partial charge on any atom is -0.497 e. The molecule has 1 unspecified atom stereocenters. The molecule has 3 aromatic rings. The molecule has 4 rings (SSSR count). The molecule has 0 amide bonds. The Morgan fingerprint density at radius 1 is 0.952 bits per heavy atom. The molecule has 1 heterocycles. The summed E-state index contributed by atoms with van der Waals surface area (Å²) in [6, 6.07) is 21.0. The van der Waals surface area contributed by atoms with E-state index in [1.165, 1.54) is 27.5 Å². The second-order valence-corrected chi connectivity index (χ2v) is 5.32. The average Bonchev–Trinajstić information content (AvgIpc) is 2.97. The monoisotopic (exact) mass is 276 g/mol. The molecule has 0 saturated heterocycles. The van der Waals surface area contributed by atoms with Gasteiger partial charge in [-0.25, -0.2) is 0 Å². The average molecular weight is 276 g/mol. The Bertz CT molecular complexity index is 802. The van der Waals surface area contributed by atoms with E-state index in [-0.39, 0.29) is 6.10 Å². The van der Waals surface area contributed by atoms with Gasteiger partial charge in [0.1, 0.15) is 11.9 Å². The number of hydrogen-bond acceptors (Lipinski definition) is 2. The number of ether oxygens (including phenoxy) is 2. The second-order valence-electron chi connectivity index (χ2n) is 5.32. The molecule has 1 aliphatic heterocycles. The summed E-state index contributed by atoms with van der Waals surface area (Å²) < 4.78 is 11.4. The van der Waals surface area contributed by atoms with Crippen LogP contribution in [0, 0.1) is 0 Å². The van der Waals surface area contributed by atoms with Crippen molar-refractivity contribution in [2.24, 2.45) is 0 Å². The molecule has 0 aromatic heterocycles. The van der Waals surface area contributed by atoms with Crippen LogP contribution in [-0.2, 0) is 11.3 Å². The van der Waals surface area contributed by atoms with Crippen LogP contribution in [0.5, 0.6) is 5.75 Å². The standard InChI is InChI=1S/C19H16O2/c1-20-15-10-9-14-12-21-19(18(14)11-15)17-8-4-6-13-5-2-3-7-16(13)17/h2-11,19H,12H2,1H3. The number of rotatable bonds is 2. The molecule has 1 aliphatic rings. The van der Waals surface area contributed by atoms with Crippen molar-refractivity contribution in [3.8, 4) is 5.75 Å². The van der Waals surface area contributed by atoms with E-state index in [4.69, 9.17) is 9.47 Å². The predicted molar refractivity (Wildman–Crippen MR) is 83.6 cm³/mol. The largest absolute Gasteiger partial charge is 0.497 e. The molecular formula is C19H16O2. The van der Waals surface area contributed by atoms with Crippen molar-refractivity contribution in [3.05, 3.63) is 77.4 Å². The fourth-order valence-electron chi connectivity index (χ4n) is 3.07. The maximum atomic E-state index is 6.06.